The number of carbonyl (C=O) groups excluding carboxylic acids is 1. The van der Waals surface area contributed by atoms with Gasteiger partial charge in [-0.1, -0.05) is 6.92 Å². The number of piperidine rings is 1. The minimum atomic E-state index is -4.37. The number of halogens is 3. The van der Waals surface area contributed by atoms with Crippen molar-refractivity contribution in [3.8, 4) is 0 Å². The van der Waals surface area contributed by atoms with Crippen molar-refractivity contribution in [3.63, 3.8) is 0 Å². The highest BCUT2D eigenvalue weighted by molar-refractivity contribution is 5.92. The Labute approximate surface area is 149 Å². The molecule has 1 amide bonds. The molecule has 1 aromatic carbocycles. The standard InChI is InChI=1S/C18H19F3N4O/c1-12-3-2-10-25(11-12)17(26)15-8-9-16(24-23-15)22-14-6-4-13(5-7-14)18(19,20)21/h4-9,12H,2-3,10-11H2,1H3,(H,22,24). The molecular weight excluding hydrogens is 345 g/mol. The van der Waals surface area contributed by atoms with Gasteiger partial charge < -0.3 is 10.2 Å². The van der Waals surface area contributed by atoms with Gasteiger partial charge in [0.2, 0.25) is 0 Å². The Morgan fingerprint density at radius 2 is 1.88 bits per heavy atom. The SMILES string of the molecule is CC1CCCN(C(=O)c2ccc(Nc3ccc(C(F)(F)F)cc3)nn2)C1. The van der Waals surface area contributed by atoms with Gasteiger partial charge in [0.1, 0.15) is 0 Å². The van der Waals surface area contributed by atoms with Gasteiger partial charge in [0.25, 0.3) is 5.91 Å². The van der Waals surface area contributed by atoms with Crippen LogP contribution in [0.2, 0.25) is 0 Å². The Kier molecular flexibility index (Phi) is 5.11. The number of hydrogen-bond acceptors (Lipinski definition) is 4. The number of nitrogens with one attached hydrogen (secondary N) is 1. The van der Waals surface area contributed by atoms with Gasteiger partial charge in [0, 0.05) is 18.8 Å². The predicted molar refractivity (Wildman–Crippen MR) is 91.1 cm³/mol. The highest BCUT2D eigenvalue weighted by Gasteiger charge is 2.30. The summed E-state index contributed by atoms with van der Waals surface area (Å²) < 4.78 is 37.7. The number of hydrogen-bond donors (Lipinski definition) is 1. The van der Waals surface area contributed by atoms with E-state index in [2.05, 4.69) is 22.4 Å². The van der Waals surface area contributed by atoms with Gasteiger partial charge in [-0.25, -0.2) is 0 Å². The van der Waals surface area contributed by atoms with Crippen LogP contribution in [-0.2, 0) is 6.18 Å². The number of alkyl halides is 3. The van der Waals surface area contributed by atoms with Gasteiger partial charge in [-0.3, -0.25) is 4.79 Å². The summed E-state index contributed by atoms with van der Waals surface area (Å²) in [5.41, 5.74) is -0.000796. The molecule has 1 saturated heterocycles. The van der Waals surface area contributed by atoms with E-state index in [4.69, 9.17) is 0 Å². The fourth-order valence-corrected chi connectivity index (χ4v) is 2.94. The quantitative estimate of drug-likeness (QED) is 0.890. The number of amides is 1. The molecule has 0 radical (unpaired) electrons. The first-order valence-corrected chi connectivity index (χ1v) is 8.40. The molecule has 8 heteroatoms. The Morgan fingerprint density at radius 3 is 2.46 bits per heavy atom. The fraction of sp³-hybridized carbons (Fsp3) is 0.389. The number of aromatic nitrogens is 2. The number of likely N-dealkylation sites (tertiary alicyclic amines) is 1. The molecule has 1 unspecified atom stereocenters. The molecule has 1 N–H and O–H groups in total. The molecule has 2 aromatic rings. The van der Waals surface area contributed by atoms with Gasteiger partial charge in [0.05, 0.1) is 5.56 Å². The Hall–Kier alpha value is -2.64. The van der Waals surface area contributed by atoms with E-state index < -0.39 is 11.7 Å². The molecule has 5 nitrogen and oxygen atoms in total. The van der Waals surface area contributed by atoms with Crippen molar-refractivity contribution in [2.45, 2.75) is 25.9 Å². The van der Waals surface area contributed by atoms with Crippen LogP contribution in [0.15, 0.2) is 36.4 Å². The van der Waals surface area contributed by atoms with Gasteiger partial charge in [0.15, 0.2) is 11.5 Å². The van der Waals surface area contributed by atoms with Crippen LogP contribution < -0.4 is 5.32 Å². The van der Waals surface area contributed by atoms with Crippen molar-refractivity contribution in [3.05, 3.63) is 47.7 Å². The first kappa shape index (κ1) is 18.2. The predicted octanol–water partition coefficient (Wildman–Crippen LogP) is 4.11. The Balaban J connectivity index is 1.65. The van der Waals surface area contributed by atoms with E-state index in [0.29, 0.717) is 24.0 Å². The van der Waals surface area contributed by atoms with Crippen LogP contribution in [0.5, 0.6) is 0 Å². The zero-order chi connectivity index (χ0) is 18.7. The van der Waals surface area contributed by atoms with Crippen LogP contribution in [0.25, 0.3) is 0 Å². The van der Waals surface area contributed by atoms with Crippen LogP contribution in [-0.4, -0.2) is 34.1 Å². The van der Waals surface area contributed by atoms with Crippen LogP contribution in [0.3, 0.4) is 0 Å². The summed E-state index contributed by atoms with van der Waals surface area (Å²) in [6.45, 7) is 3.55. The van der Waals surface area contributed by atoms with E-state index in [1.54, 1.807) is 17.0 Å². The van der Waals surface area contributed by atoms with Crippen molar-refractivity contribution in [1.82, 2.24) is 15.1 Å². The zero-order valence-electron chi connectivity index (χ0n) is 14.3. The average molecular weight is 364 g/mol. The molecule has 0 saturated carbocycles. The van der Waals surface area contributed by atoms with Crippen molar-refractivity contribution in [1.29, 1.82) is 0 Å². The second kappa shape index (κ2) is 7.31. The molecule has 2 heterocycles. The molecule has 1 aromatic heterocycles. The second-order valence-electron chi connectivity index (χ2n) is 6.50. The summed E-state index contributed by atoms with van der Waals surface area (Å²) in [4.78, 5) is 14.2. The van der Waals surface area contributed by atoms with Gasteiger partial charge >= 0.3 is 6.18 Å². The smallest absolute Gasteiger partial charge is 0.339 e. The summed E-state index contributed by atoms with van der Waals surface area (Å²) in [5.74, 6) is 0.680. The number of benzene rings is 1. The van der Waals surface area contributed by atoms with Crippen molar-refractivity contribution in [2.75, 3.05) is 18.4 Å². The Morgan fingerprint density at radius 1 is 1.15 bits per heavy atom. The molecule has 26 heavy (non-hydrogen) atoms. The third kappa shape index (κ3) is 4.30. The third-order valence-corrected chi connectivity index (χ3v) is 4.31. The van der Waals surface area contributed by atoms with Crippen molar-refractivity contribution >= 4 is 17.4 Å². The van der Waals surface area contributed by atoms with E-state index in [1.807, 2.05) is 0 Å². The van der Waals surface area contributed by atoms with Crippen molar-refractivity contribution in [2.24, 2.45) is 5.92 Å². The lowest BCUT2D eigenvalue weighted by Gasteiger charge is -2.30. The third-order valence-electron chi connectivity index (χ3n) is 4.31. The maximum atomic E-state index is 12.6. The summed E-state index contributed by atoms with van der Waals surface area (Å²) in [5, 5.41) is 10.8. The zero-order valence-corrected chi connectivity index (χ0v) is 14.3. The molecule has 0 aliphatic carbocycles. The van der Waals surface area contributed by atoms with E-state index >= 15 is 0 Å². The average Bonchev–Trinajstić information content (AvgIpc) is 2.61. The monoisotopic (exact) mass is 364 g/mol. The van der Waals surface area contributed by atoms with Gasteiger partial charge in [-0.05, 0) is 55.2 Å². The second-order valence-corrected chi connectivity index (χ2v) is 6.50. The van der Waals surface area contributed by atoms with E-state index in [-0.39, 0.29) is 11.6 Å². The largest absolute Gasteiger partial charge is 0.416 e. The lowest BCUT2D eigenvalue weighted by Crippen LogP contribution is -2.39. The van der Waals surface area contributed by atoms with Crippen molar-refractivity contribution < 1.29 is 18.0 Å². The summed E-state index contributed by atoms with van der Waals surface area (Å²) in [6.07, 6.45) is -2.27. The topological polar surface area (TPSA) is 58.1 Å². The Bertz CT molecular complexity index is 760. The number of rotatable bonds is 3. The highest BCUT2D eigenvalue weighted by atomic mass is 19.4. The number of nitrogens with zero attached hydrogens (tertiary/aromatic N) is 3. The maximum Gasteiger partial charge on any atom is 0.416 e. The molecule has 1 aliphatic rings. The first-order chi connectivity index (χ1) is 12.3. The molecule has 138 valence electrons. The number of anilines is 2. The van der Waals surface area contributed by atoms with E-state index in [1.165, 1.54) is 12.1 Å². The number of carbonyl (C=O) groups is 1. The summed E-state index contributed by atoms with van der Waals surface area (Å²) in [7, 11) is 0. The van der Waals surface area contributed by atoms with E-state index in [9.17, 15) is 18.0 Å². The first-order valence-electron chi connectivity index (χ1n) is 8.40. The summed E-state index contributed by atoms with van der Waals surface area (Å²) >= 11 is 0. The summed E-state index contributed by atoms with van der Waals surface area (Å²) in [6, 6.07) is 7.78. The normalized spacial score (nSPS) is 17.8. The highest BCUT2D eigenvalue weighted by Crippen LogP contribution is 2.30. The van der Waals surface area contributed by atoms with Crippen LogP contribution in [0, 0.1) is 5.92 Å². The molecule has 1 fully saturated rings. The molecular formula is C18H19F3N4O. The van der Waals surface area contributed by atoms with Crippen LogP contribution in [0.1, 0.15) is 35.8 Å². The van der Waals surface area contributed by atoms with Crippen LogP contribution >= 0.6 is 0 Å². The van der Waals surface area contributed by atoms with Gasteiger partial charge in [-0.15, -0.1) is 10.2 Å². The molecule has 1 aliphatic heterocycles. The van der Waals surface area contributed by atoms with Gasteiger partial charge in [-0.2, -0.15) is 13.2 Å². The molecule has 0 spiro atoms. The van der Waals surface area contributed by atoms with Crippen LogP contribution in [0.4, 0.5) is 24.7 Å². The lowest BCUT2D eigenvalue weighted by molar-refractivity contribution is -0.137. The lowest BCUT2D eigenvalue weighted by atomic mass is 10.00. The minimum absolute atomic E-state index is 0.148. The molecule has 3 rings (SSSR count). The molecule has 0 bridgehead atoms. The molecule has 1 atom stereocenters. The minimum Gasteiger partial charge on any atom is -0.339 e. The fourth-order valence-electron chi connectivity index (χ4n) is 2.94. The van der Waals surface area contributed by atoms with E-state index in [0.717, 1.165) is 31.5 Å². The maximum absolute atomic E-state index is 12.6.